The van der Waals surface area contributed by atoms with Crippen LogP contribution in [-0.4, -0.2) is 23.8 Å². The molecule has 3 amide bonds. The van der Waals surface area contributed by atoms with Crippen molar-refractivity contribution in [3.05, 3.63) is 23.3 Å². The van der Waals surface area contributed by atoms with Crippen LogP contribution >= 0.6 is 0 Å². The van der Waals surface area contributed by atoms with Gasteiger partial charge in [0.2, 0.25) is 11.8 Å². The van der Waals surface area contributed by atoms with E-state index in [2.05, 4.69) is 10.6 Å². The van der Waals surface area contributed by atoms with Gasteiger partial charge in [-0.2, -0.15) is 0 Å². The van der Waals surface area contributed by atoms with Crippen molar-refractivity contribution in [3.8, 4) is 0 Å². The Morgan fingerprint density at radius 2 is 2.21 bits per heavy atom. The summed E-state index contributed by atoms with van der Waals surface area (Å²) in [5, 5.41) is 4.95. The Balaban J connectivity index is 2.05. The van der Waals surface area contributed by atoms with Crippen LogP contribution < -0.4 is 10.6 Å². The highest BCUT2D eigenvalue weighted by molar-refractivity contribution is 6.04. The topological polar surface area (TPSA) is 75.3 Å². The number of carbonyl (C=O) groups excluding carboxylic acids is 3. The quantitative estimate of drug-likeness (QED) is 0.744. The minimum absolute atomic E-state index is 0.220. The van der Waals surface area contributed by atoms with E-state index in [0.717, 1.165) is 24.8 Å². The lowest BCUT2D eigenvalue weighted by molar-refractivity contribution is -0.136. The molecule has 1 heterocycles. The molecule has 102 valence electrons. The number of rotatable bonds is 3. The number of hydrogen-bond acceptors (Lipinski definition) is 3. The maximum Gasteiger partial charge on any atom is 0.251 e. The molecule has 0 aromatic rings. The molecular weight excluding hydrogens is 244 g/mol. The van der Waals surface area contributed by atoms with Crippen molar-refractivity contribution in [2.75, 3.05) is 0 Å². The maximum atomic E-state index is 12.2. The molecule has 0 saturated carbocycles. The van der Waals surface area contributed by atoms with Gasteiger partial charge in [0, 0.05) is 12.0 Å². The summed E-state index contributed by atoms with van der Waals surface area (Å²) in [5.41, 5.74) is 1.78. The normalized spacial score (nSPS) is 23.3. The second-order valence-corrected chi connectivity index (χ2v) is 4.79. The molecule has 0 aromatic carbocycles. The average molecular weight is 262 g/mol. The van der Waals surface area contributed by atoms with Gasteiger partial charge in [-0.25, -0.2) is 0 Å². The summed E-state index contributed by atoms with van der Waals surface area (Å²) >= 11 is 0. The molecule has 0 bridgehead atoms. The molecule has 2 aliphatic rings. The minimum atomic E-state index is -0.605. The van der Waals surface area contributed by atoms with Crippen molar-refractivity contribution in [2.24, 2.45) is 0 Å². The number of carbonyl (C=O) groups is 3. The first-order valence-corrected chi connectivity index (χ1v) is 6.65. The molecule has 5 heteroatoms. The van der Waals surface area contributed by atoms with E-state index in [4.69, 9.17) is 0 Å². The van der Waals surface area contributed by atoms with E-state index in [1.165, 1.54) is 0 Å². The van der Waals surface area contributed by atoms with Crippen molar-refractivity contribution in [3.63, 3.8) is 0 Å². The molecular formula is C14H18N2O3. The number of amides is 3. The molecule has 0 spiro atoms. The summed E-state index contributed by atoms with van der Waals surface area (Å²) in [7, 11) is 0. The summed E-state index contributed by atoms with van der Waals surface area (Å²) in [6.07, 6.45) is 7.12. The average Bonchev–Trinajstić information content (AvgIpc) is 2.41. The third-order valence-corrected chi connectivity index (χ3v) is 3.49. The Labute approximate surface area is 112 Å². The maximum absolute atomic E-state index is 12.2. The van der Waals surface area contributed by atoms with Gasteiger partial charge in [-0.3, -0.25) is 19.7 Å². The summed E-state index contributed by atoms with van der Waals surface area (Å²) in [6, 6.07) is -0.605. The zero-order valence-electron chi connectivity index (χ0n) is 11.0. The van der Waals surface area contributed by atoms with E-state index < -0.39 is 11.9 Å². The number of piperidine rings is 1. The van der Waals surface area contributed by atoms with Crippen molar-refractivity contribution < 1.29 is 14.4 Å². The summed E-state index contributed by atoms with van der Waals surface area (Å²) in [6.45, 7) is 2.02. The van der Waals surface area contributed by atoms with E-state index in [1.54, 1.807) is 0 Å². The highest BCUT2D eigenvalue weighted by atomic mass is 16.2. The van der Waals surface area contributed by atoms with Crippen LogP contribution in [0.1, 0.15) is 39.0 Å². The Hall–Kier alpha value is -1.91. The molecule has 1 atom stereocenters. The van der Waals surface area contributed by atoms with Crippen molar-refractivity contribution in [1.29, 1.82) is 0 Å². The van der Waals surface area contributed by atoms with Gasteiger partial charge in [0.1, 0.15) is 6.04 Å². The van der Waals surface area contributed by atoms with Gasteiger partial charge in [-0.15, -0.1) is 0 Å². The molecule has 1 aliphatic carbocycles. The molecule has 19 heavy (non-hydrogen) atoms. The highest BCUT2D eigenvalue weighted by Gasteiger charge is 2.28. The summed E-state index contributed by atoms with van der Waals surface area (Å²) in [5.74, 6) is -0.910. The molecule has 2 N–H and O–H groups in total. The molecule has 2 rings (SSSR count). The molecule has 0 radical (unpaired) electrons. The van der Waals surface area contributed by atoms with Crippen molar-refractivity contribution in [1.82, 2.24) is 10.6 Å². The second kappa shape index (κ2) is 5.82. The zero-order valence-corrected chi connectivity index (χ0v) is 11.0. The fraction of sp³-hybridized carbons (Fsp3) is 0.500. The Morgan fingerprint density at radius 1 is 1.42 bits per heavy atom. The van der Waals surface area contributed by atoms with Crippen molar-refractivity contribution in [2.45, 2.75) is 45.1 Å². The van der Waals surface area contributed by atoms with Crippen LogP contribution in [0.5, 0.6) is 0 Å². The number of imide groups is 1. The minimum Gasteiger partial charge on any atom is -0.340 e. The third-order valence-electron chi connectivity index (χ3n) is 3.49. The number of nitrogens with one attached hydrogen (secondary N) is 2. The largest absolute Gasteiger partial charge is 0.340 e. The van der Waals surface area contributed by atoms with Crippen LogP contribution in [0.25, 0.3) is 0 Å². The van der Waals surface area contributed by atoms with Gasteiger partial charge in [0.05, 0.1) is 0 Å². The monoisotopic (exact) mass is 262 g/mol. The zero-order chi connectivity index (χ0) is 13.8. The van der Waals surface area contributed by atoms with Gasteiger partial charge in [0.25, 0.3) is 5.91 Å². The Morgan fingerprint density at radius 3 is 2.89 bits per heavy atom. The van der Waals surface area contributed by atoms with Crippen LogP contribution in [0, 0.1) is 0 Å². The van der Waals surface area contributed by atoms with E-state index in [9.17, 15) is 14.4 Å². The van der Waals surface area contributed by atoms with E-state index in [1.807, 2.05) is 19.1 Å². The number of hydrogen-bond donors (Lipinski definition) is 2. The predicted molar refractivity (Wildman–Crippen MR) is 70.0 cm³/mol. The first kappa shape index (κ1) is 13.5. The van der Waals surface area contributed by atoms with Crippen LogP contribution in [0.15, 0.2) is 23.3 Å². The first-order chi connectivity index (χ1) is 9.11. The fourth-order valence-electron chi connectivity index (χ4n) is 2.38. The SMILES string of the molecule is CCC1=C(C(=O)NC2CCC(=O)NC2=O)C=CCC1. The van der Waals surface area contributed by atoms with Crippen LogP contribution in [-0.2, 0) is 14.4 Å². The molecule has 1 unspecified atom stereocenters. The van der Waals surface area contributed by atoms with Gasteiger partial charge >= 0.3 is 0 Å². The first-order valence-electron chi connectivity index (χ1n) is 6.65. The molecule has 1 aliphatic heterocycles. The van der Waals surface area contributed by atoms with Gasteiger partial charge in [0.15, 0.2) is 0 Å². The predicted octanol–water partition coefficient (Wildman–Crippen LogP) is 0.964. The molecule has 0 aromatic heterocycles. The highest BCUT2D eigenvalue weighted by Crippen LogP contribution is 2.22. The van der Waals surface area contributed by atoms with Gasteiger partial charge in [-0.05, 0) is 25.7 Å². The lowest BCUT2D eigenvalue weighted by Gasteiger charge is -2.23. The Kier molecular flexibility index (Phi) is 4.14. The second-order valence-electron chi connectivity index (χ2n) is 4.79. The third kappa shape index (κ3) is 3.10. The van der Waals surface area contributed by atoms with Crippen LogP contribution in [0.3, 0.4) is 0 Å². The Bertz CT molecular complexity index is 477. The summed E-state index contributed by atoms with van der Waals surface area (Å²) in [4.78, 5) is 34.8. The standard InChI is InChI=1S/C14H18N2O3/c1-2-9-5-3-4-6-10(9)13(18)15-11-7-8-12(17)16-14(11)19/h4,6,11H,2-3,5,7-8H2,1H3,(H,15,18)(H,16,17,19). The molecule has 1 saturated heterocycles. The van der Waals surface area contributed by atoms with E-state index >= 15 is 0 Å². The van der Waals surface area contributed by atoms with Crippen molar-refractivity contribution >= 4 is 17.7 Å². The lowest BCUT2D eigenvalue weighted by atomic mass is 9.94. The molecule has 1 fully saturated rings. The van der Waals surface area contributed by atoms with Gasteiger partial charge < -0.3 is 5.32 Å². The van der Waals surface area contributed by atoms with Gasteiger partial charge in [-0.1, -0.05) is 24.6 Å². The van der Waals surface area contributed by atoms with Crippen LogP contribution in [0.2, 0.25) is 0 Å². The van der Waals surface area contributed by atoms with Crippen LogP contribution in [0.4, 0.5) is 0 Å². The lowest BCUT2D eigenvalue weighted by Crippen LogP contribution is -2.52. The smallest absolute Gasteiger partial charge is 0.251 e. The number of allylic oxidation sites excluding steroid dienone is 2. The summed E-state index contributed by atoms with van der Waals surface area (Å²) < 4.78 is 0. The van der Waals surface area contributed by atoms with E-state index in [0.29, 0.717) is 12.0 Å². The fourth-order valence-corrected chi connectivity index (χ4v) is 2.38. The molecule has 5 nitrogen and oxygen atoms in total. The van der Waals surface area contributed by atoms with E-state index in [-0.39, 0.29) is 18.2 Å².